The third kappa shape index (κ3) is 6.98. The number of pyridine rings is 1. The van der Waals surface area contributed by atoms with E-state index >= 15 is 0 Å². The number of nitrogens with one attached hydrogen (secondary N) is 1. The Balaban J connectivity index is 0.773. The first kappa shape index (κ1) is 35.3. The predicted octanol–water partition coefficient (Wildman–Crippen LogP) is 5.86. The van der Waals surface area contributed by atoms with Gasteiger partial charge in [0.15, 0.2) is 0 Å². The summed E-state index contributed by atoms with van der Waals surface area (Å²) >= 11 is 0. The molecular weight excluding hydrogens is 677 g/mol. The van der Waals surface area contributed by atoms with E-state index in [0.29, 0.717) is 42.0 Å². The molecule has 54 heavy (non-hydrogen) atoms. The number of benzene rings is 2. The van der Waals surface area contributed by atoms with Gasteiger partial charge in [-0.25, -0.2) is 4.98 Å². The number of imide groups is 1. The molecule has 4 aliphatic heterocycles. The molecule has 5 heterocycles. The molecule has 10 heteroatoms. The number of fused-ring (bicyclic) bond motifs is 2. The molecule has 0 unspecified atom stereocenters. The van der Waals surface area contributed by atoms with Gasteiger partial charge in [0, 0.05) is 82.1 Å². The SMILES string of the molecule is O=C1CC[C@H](N2Cc3cc(N4CCN(CC5CCN(c6ccc([C@@H]7c8ccc(O)cc8CC[C@@H]7C7CCCCC7)cn6)CC5)CC4)ccc3C2=O)C(=O)N1. The van der Waals surface area contributed by atoms with Gasteiger partial charge >= 0.3 is 0 Å². The zero-order valence-corrected chi connectivity index (χ0v) is 31.4. The molecule has 284 valence electrons. The monoisotopic (exact) mass is 730 g/mol. The van der Waals surface area contributed by atoms with Crippen LogP contribution in [0.1, 0.15) is 103 Å². The zero-order chi connectivity index (χ0) is 36.8. The normalized spacial score (nSPS) is 25.8. The van der Waals surface area contributed by atoms with Crippen molar-refractivity contribution in [2.24, 2.45) is 17.8 Å². The lowest BCUT2D eigenvalue weighted by Gasteiger charge is -2.41. The van der Waals surface area contributed by atoms with Crippen molar-refractivity contribution in [3.63, 3.8) is 0 Å². The first-order valence-corrected chi connectivity index (χ1v) is 20.7. The number of hydrogen-bond donors (Lipinski definition) is 2. The highest BCUT2D eigenvalue weighted by atomic mass is 16.3. The molecule has 2 aliphatic carbocycles. The van der Waals surface area contributed by atoms with E-state index < -0.39 is 6.04 Å². The number of amides is 3. The number of aromatic nitrogens is 1. The van der Waals surface area contributed by atoms with Crippen LogP contribution in [-0.4, -0.2) is 89.5 Å². The topological polar surface area (TPSA) is 109 Å². The van der Waals surface area contributed by atoms with Crippen LogP contribution in [0.4, 0.5) is 11.5 Å². The number of piperidine rings is 2. The lowest BCUT2D eigenvalue weighted by atomic mass is 9.64. The summed E-state index contributed by atoms with van der Waals surface area (Å²) in [5, 5.41) is 12.6. The molecule has 1 aromatic heterocycles. The van der Waals surface area contributed by atoms with E-state index in [9.17, 15) is 19.5 Å². The molecule has 10 nitrogen and oxygen atoms in total. The highest BCUT2D eigenvalue weighted by Crippen LogP contribution is 2.48. The molecule has 1 saturated carbocycles. The highest BCUT2D eigenvalue weighted by Gasteiger charge is 2.40. The number of phenols is 1. The molecule has 0 spiro atoms. The van der Waals surface area contributed by atoms with Gasteiger partial charge in [0.2, 0.25) is 11.8 Å². The average Bonchev–Trinajstić information content (AvgIpc) is 3.53. The fourth-order valence-corrected chi connectivity index (χ4v) is 10.8. The molecule has 2 N–H and O–H groups in total. The summed E-state index contributed by atoms with van der Waals surface area (Å²) in [6.07, 6.45) is 14.2. The van der Waals surface area contributed by atoms with Gasteiger partial charge in [-0.05, 0) is 109 Å². The van der Waals surface area contributed by atoms with E-state index in [1.54, 1.807) is 4.90 Å². The smallest absolute Gasteiger partial charge is 0.255 e. The van der Waals surface area contributed by atoms with Crippen molar-refractivity contribution in [2.45, 2.75) is 89.1 Å². The molecule has 3 amide bonds. The standard InChI is InChI=1S/C44H54N6O4/c51-35-9-12-37-31(25-35)6-10-36(30-4-2-1-3-5-30)42(37)32-7-14-40(45-26-32)49-18-16-29(17-19-49)27-47-20-22-48(23-21-47)34-8-11-38-33(24-34)28-50(44(38)54)39-13-15-41(52)46-43(39)53/h7-9,11-12,14,24-26,29-30,36,39,42,51H,1-6,10,13,15-23,27-28H2,(H,46,52,53)/t36-,39+,42+/m1/s1. The number of piperazine rings is 1. The van der Waals surface area contributed by atoms with Gasteiger partial charge in [-0.1, -0.05) is 44.2 Å². The summed E-state index contributed by atoms with van der Waals surface area (Å²) in [4.78, 5) is 51.5. The first-order chi connectivity index (χ1) is 26.4. The molecule has 3 aromatic rings. The number of hydrogen-bond acceptors (Lipinski definition) is 8. The summed E-state index contributed by atoms with van der Waals surface area (Å²) in [5.41, 5.74) is 6.80. The van der Waals surface area contributed by atoms with Gasteiger partial charge in [-0.15, -0.1) is 0 Å². The Labute approximate surface area is 318 Å². The van der Waals surface area contributed by atoms with Gasteiger partial charge in [-0.2, -0.15) is 0 Å². The molecular formula is C44H54N6O4. The van der Waals surface area contributed by atoms with Crippen molar-refractivity contribution >= 4 is 29.2 Å². The van der Waals surface area contributed by atoms with Gasteiger partial charge < -0.3 is 19.8 Å². The molecule has 0 bridgehead atoms. The molecule has 0 radical (unpaired) electrons. The van der Waals surface area contributed by atoms with Crippen molar-refractivity contribution in [2.75, 3.05) is 55.6 Å². The molecule has 3 saturated heterocycles. The predicted molar refractivity (Wildman–Crippen MR) is 209 cm³/mol. The van der Waals surface area contributed by atoms with Gasteiger partial charge in [0.25, 0.3) is 5.91 Å². The largest absolute Gasteiger partial charge is 0.508 e. The maximum Gasteiger partial charge on any atom is 0.255 e. The van der Waals surface area contributed by atoms with Crippen LogP contribution >= 0.6 is 0 Å². The minimum atomic E-state index is -0.584. The summed E-state index contributed by atoms with van der Waals surface area (Å²) in [7, 11) is 0. The van der Waals surface area contributed by atoms with Crippen molar-refractivity contribution in [3.05, 3.63) is 82.5 Å². The van der Waals surface area contributed by atoms with E-state index in [2.05, 4.69) is 50.5 Å². The van der Waals surface area contributed by atoms with E-state index in [-0.39, 0.29) is 24.1 Å². The van der Waals surface area contributed by atoms with Crippen LogP contribution in [0.25, 0.3) is 0 Å². The third-order valence-corrected chi connectivity index (χ3v) is 13.7. The zero-order valence-electron chi connectivity index (χ0n) is 31.4. The minimum Gasteiger partial charge on any atom is -0.508 e. The molecule has 6 aliphatic rings. The molecule has 2 aromatic carbocycles. The van der Waals surface area contributed by atoms with Crippen molar-refractivity contribution in [1.29, 1.82) is 0 Å². The van der Waals surface area contributed by atoms with E-state index in [4.69, 9.17) is 4.98 Å². The molecule has 4 fully saturated rings. The fraction of sp³-hybridized carbons (Fsp3) is 0.545. The number of anilines is 2. The average molecular weight is 731 g/mol. The van der Waals surface area contributed by atoms with Gasteiger partial charge in [0.05, 0.1) is 0 Å². The number of carbonyl (C=O) groups excluding carboxylic acids is 3. The van der Waals surface area contributed by atoms with Crippen LogP contribution < -0.4 is 15.1 Å². The van der Waals surface area contributed by atoms with E-state index in [0.717, 1.165) is 75.2 Å². The Morgan fingerprint density at radius 1 is 0.759 bits per heavy atom. The second-order valence-corrected chi connectivity index (χ2v) is 16.9. The number of rotatable bonds is 7. The molecule has 9 rings (SSSR count). The number of carbonyl (C=O) groups is 3. The summed E-state index contributed by atoms with van der Waals surface area (Å²) in [5.74, 6) is 3.17. The quantitative estimate of drug-likeness (QED) is 0.291. The van der Waals surface area contributed by atoms with E-state index in [1.165, 1.54) is 68.1 Å². The number of nitrogens with zero attached hydrogens (tertiary/aromatic N) is 5. The third-order valence-electron chi connectivity index (χ3n) is 13.7. The number of phenolic OH excluding ortho intramolecular Hbond substituents is 1. The van der Waals surface area contributed by atoms with Crippen LogP contribution in [0.5, 0.6) is 5.75 Å². The van der Waals surface area contributed by atoms with Crippen LogP contribution in [-0.2, 0) is 22.6 Å². The van der Waals surface area contributed by atoms with Crippen molar-refractivity contribution in [1.82, 2.24) is 20.1 Å². The van der Waals surface area contributed by atoms with Crippen LogP contribution in [0.2, 0.25) is 0 Å². The van der Waals surface area contributed by atoms with Crippen LogP contribution in [0.3, 0.4) is 0 Å². The minimum absolute atomic E-state index is 0.120. The number of aromatic hydroxyl groups is 1. The first-order valence-electron chi connectivity index (χ1n) is 20.7. The Kier molecular flexibility index (Phi) is 9.80. The fourth-order valence-electron chi connectivity index (χ4n) is 10.8. The van der Waals surface area contributed by atoms with Crippen molar-refractivity contribution in [3.8, 4) is 5.75 Å². The maximum absolute atomic E-state index is 13.2. The van der Waals surface area contributed by atoms with Crippen LogP contribution in [0.15, 0.2) is 54.7 Å². The second kappa shape index (κ2) is 15.0. The second-order valence-electron chi connectivity index (χ2n) is 16.9. The summed E-state index contributed by atoms with van der Waals surface area (Å²) in [6.45, 7) is 7.57. The summed E-state index contributed by atoms with van der Waals surface area (Å²) in [6, 6.07) is 16.2. The Bertz CT molecular complexity index is 1880. The maximum atomic E-state index is 13.2. The lowest BCUT2D eigenvalue weighted by Crippen LogP contribution is -2.52. The Morgan fingerprint density at radius 2 is 1.57 bits per heavy atom. The molecule has 3 atom stereocenters. The lowest BCUT2D eigenvalue weighted by molar-refractivity contribution is -0.136. The highest BCUT2D eigenvalue weighted by molar-refractivity contribution is 6.05. The van der Waals surface area contributed by atoms with Crippen LogP contribution in [0, 0.1) is 17.8 Å². The van der Waals surface area contributed by atoms with Gasteiger partial charge in [-0.3, -0.25) is 24.6 Å². The Hall–Kier alpha value is -4.44. The number of aryl methyl sites for hydroxylation is 1. The van der Waals surface area contributed by atoms with E-state index in [1.807, 2.05) is 24.3 Å². The van der Waals surface area contributed by atoms with Crippen molar-refractivity contribution < 1.29 is 19.5 Å². The van der Waals surface area contributed by atoms with Gasteiger partial charge in [0.1, 0.15) is 17.6 Å². The Morgan fingerprint density at radius 3 is 2.33 bits per heavy atom. The summed E-state index contributed by atoms with van der Waals surface area (Å²) < 4.78 is 0.